The lowest BCUT2D eigenvalue weighted by atomic mass is 9.67. The summed E-state index contributed by atoms with van der Waals surface area (Å²) in [5.41, 5.74) is 26.1. The van der Waals surface area contributed by atoms with E-state index in [0.717, 1.165) is 38.5 Å². The minimum Gasteiger partial charge on any atom is -0.0839 e. The topological polar surface area (TPSA) is 0 Å². The first-order valence-corrected chi connectivity index (χ1v) is 26.1. The molecule has 70 heavy (non-hydrogen) atoms. The summed E-state index contributed by atoms with van der Waals surface area (Å²) < 4.78 is 0. The Morgan fingerprint density at radius 2 is 1.20 bits per heavy atom. The molecule has 3 unspecified atom stereocenters. The fraction of sp³-hybridized carbons (Fsp3) is 0.229. The number of rotatable bonds is 9. The van der Waals surface area contributed by atoms with Crippen molar-refractivity contribution < 1.29 is 0 Å². The Hall–Kier alpha value is -7.02. The molecular formula is C70H62. The largest absolute Gasteiger partial charge is 0.0839 e. The highest BCUT2D eigenvalue weighted by atomic mass is 14.5. The Morgan fingerprint density at radius 3 is 1.93 bits per heavy atom. The number of benzene rings is 7. The van der Waals surface area contributed by atoms with Gasteiger partial charge in [-0.15, -0.1) is 0 Å². The molecule has 0 radical (unpaired) electrons. The normalized spacial score (nSPS) is 20.7. The molecule has 0 aliphatic heterocycles. The monoisotopic (exact) mass is 902 g/mol. The van der Waals surface area contributed by atoms with Gasteiger partial charge >= 0.3 is 0 Å². The quantitative estimate of drug-likeness (QED) is 0.135. The number of hydrogen-bond donors (Lipinski definition) is 0. The zero-order valence-electron chi connectivity index (χ0n) is 41.2. The second kappa shape index (κ2) is 16.6. The molecule has 6 aliphatic carbocycles. The molecule has 0 aromatic heterocycles. The van der Waals surface area contributed by atoms with Crippen LogP contribution in [0.3, 0.4) is 0 Å². The summed E-state index contributed by atoms with van der Waals surface area (Å²) in [6, 6.07) is 63.0. The molecule has 0 fully saturated rings. The predicted octanol–water partition coefficient (Wildman–Crippen LogP) is 17.7. The van der Waals surface area contributed by atoms with Crippen LogP contribution in [-0.4, -0.2) is 0 Å². The standard InChI is InChI=1S/C70H62/c1-68(2)62-29-17-15-26-60(62)67-55(27-18-30-63(67)68)51-37-40-59-58-39-32-47(44-65(58)70(66(59)45-51,53-21-10-6-11-22-53)54-23-12-7-13-24-54)42-52(50-35-33-49(34-36-50)48-19-8-5-9-20-48)41-46-31-38-57-56-25-14-16-28-61(56)69(3,4)64(57)43-46/h6-8,10-33,35-40,44-45,49,52,64H,5,9,34,41-43H2,1-4H3. The van der Waals surface area contributed by atoms with Crippen molar-refractivity contribution in [3.8, 4) is 33.4 Å². The molecule has 0 spiro atoms. The van der Waals surface area contributed by atoms with Crippen molar-refractivity contribution >= 4 is 5.57 Å². The third kappa shape index (κ3) is 6.62. The number of fused-ring (bicyclic) bond motifs is 9. The maximum Gasteiger partial charge on any atom is 0.0713 e. The van der Waals surface area contributed by atoms with Gasteiger partial charge in [-0.05, 0) is 162 Å². The van der Waals surface area contributed by atoms with Crippen LogP contribution in [0.15, 0.2) is 229 Å². The minimum atomic E-state index is -0.515. The van der Waals surface area contributed by atoms with Crippen LogP contribution in [0.4, 0.5) is 0 Å². The van der Waals surface area contributed by atoms with E-state index in [1.165, 1.54) is 100 Å². The average Bonchev–Trinajstić information content (AvgIpc) is 3.93. The maximum atomic E-state index is 2.62. The first-order valence-electron chi connectivity index (χ1n) is 26.1. The molecule has 3 atom stereocenters. The van der Waals surface area contributed by atoms with Gasteiger partial charge in [-0.3, -0.25) is 0 Å². The van der Waals surface area contributed by atoms with Crippen LogP contribution in [-0.2, 0) is 22.7 Å². The molecular weight excluding hydrogens is 841 g/mol. The molecule has 0 heterocycles. The first-order chi connectivity index (χ1) is 34.2. The van der Waals surface area contributed by atoms with Crippen LogP contribution in [0.25, 0.3) is 39.0 Å². The molecule has 6 aliphatic rings. The van der Waals surface area contributed by atoms with Crippen molar-refractivity contribution in [2.45, 2.75) is 82.5 Å². The summed E-state index contributed by atoms with van der Waals surface area (Å²) in [4.78, 5) is 0. The Kier molecular flexibility index (Phi) is 10.2. The van der Waals surface area contributed by atoms with Gasteiger partial charge in [0.1, 0.15) is 0 Å². The van der Waals surface area contributed by atoms with Gasteiger partial charge in [0, 0.05) is 11.3 Å². The van der Waals surface area contributed by atoms with Gasteiger partial charge in [-0.25, -0.2) is 0 Å². The summed E-state index contributed by atoms with van der Waals surface area (Å²) in [6.07, 6.45) is 26.3. The van der Waals surface area contributed by atoms with Gasteiger partial charge in [0.2, 0.25) is 0 Å². The van der Waals surface area contributed by atoms with Crippen LogP contribution < -0.4 is 0 Å². The highest BCUT2D eigenvalue weighted by Crippen LogP contribution is 2.59. The van der Waals surface area contributed by atoms with Crippen LogP contribution in [0.2, 0.25) is 0 Å². The van der Waals surface area contributed by atoms with E-state index in [-0.39, 0.29) is 10.8 Å². The van der Waals surface area contributed by atoms with Crippen LogP contribution >= 0.6 is 0 Å². The van der Waals surface area contributed by atoms with Gasteiger partial charge in [-0.2, -0.15) is 0 Å². The molecule has 0 saturated heterocycles. The third-order valence-electron chi connectivity index (χ3n) is 17.7. The molecule has 7 aromatic carbocycles. The lowest BCUT2D eigenvalue weighted by molar-refractivity contribution is 0.400. The second-order valence-electron chi connectivity index (χ2n) is 22.2. The van der Waals surface area contributed by atoms with Crippen molar-refractivity contribution in [1.82, 2.24) is 0 Å². The van der Waals surface area contributed by atoms with Gasteiger partial charge in [0.15, 0.2) is 0 Å². The lowest BCUT2D eigenvalue weighted by Gasteiger charge is -2.35. The second-order valence-corrected chi connectivity index (χ2v) is 22.2. The lowest BCUT2D eigenvalue weighted by Crippen LogP contribution is -2.28. The van der Waals surface area contributed by atoms with Gasteiger partial charge < -0.3 is 0 Å². The van der Waals surface area contributed by atoms with E-state index >= 15 is 0 Å². The smallest absolute Gasteiger partial charge is 0.0713 e. The molecule has 13 rings (SSSR count). The summed E-state index contributed by atoms with van der Waals surface area (Å²) in [5, 5.41) is 0. The summed E-state index contributed by atoms with van der Waals surface area (Å²) >= 11 is 0. The Morgan fingerprint density at radius 1 is 0.529 bits per heavy atom. The Labute approximate surface area is 416 Å². The minimum absolute atomic E-state index is 0.0669. The van der Waals surface area contributed by atoms with Crippen LogP contribution in [0, 0.1) is 17.8 Å². The molecule has 0 heteroatoms. The zero-order valence-corrected chi connectivity index (χ0v) is 41.2. The van der Waals surface area contributed by atoms with Crippen molar-refractivity contribution in [1.29, 1.82) is 0 Å². The Balaban J connectivity index is 0.933. The summed E-state index contributed by atoms with van der Waals surface area (Å²) in [5.74, 6) is 1.30. The molecule has 0 bridgehead atoms. The van der Waals surface area contributed by atoms with E-state index in [2.05, 4.69) is 240 Å². The molecule has 0 N–H and O–H groups in total. The molecule has 7 aromatic rings. The highest BCUT2D eigenvalue weighted by molar-refractivity contribution is 5.95. The molecule has 342 valence electrons. The number of allylic oxidation sites excluding steroid dienone is 12. The van der Waals surface area contributed by atoms with Crippen molar-refractivity contribution in [3.63, 3.8) is 0 Å². The van der Waals surface area contributed by atoms with E-state index in [1.54, 1.807) is 5.57 Å². The SMILES string of the molecule is CC1(C)c2ccccc2-c2c(-c3ccc4c(c3)C(c3ccccc3)(c3ccccc3)c3cc(CC(CC5=CC=C6c7ccccc7C(C)(C)C6C5)C5=CCC(C6=CCCC=C6)C=C5)ccc3-4)cccc21. The van der Waals surface area contributed by atoms with Crippen LogP contribution in [0.1, 0.15) is 110 Å². The third-order valence-corrected chi connectivity index (χ3v) is 17.7. The molecule has 0 saturated carbocycles. The number of hydrogen-bond acceptors (Lipinski definition) is 0. The first kappa shape index (κ1) is 43.0. The summed E-state index contributed by atoms with van der Waals surface area (Å²) in [6.45, 7) is 9.72. The van der Waals surface area contributed by atoms with Crippen molar-refractivity contribution in [3.05, 3.63) is 279 Å². The van der Waals surface area contributed by atoms with E-state index < -0.39 is 5.41 Å². The van der Waals surface area contributed by atoms with Crippen molar-refractivity contribution in [2.24, 2.45) is 17.8 Å². The van der Waals surface area contributed by atoms with Crippen molar-refractivity contribution in [2.75, 3.05) is 0 Å². The summed E-state index contributed by atoms with van der Waals surface area (Å²) in [7, 11) is 0. The fourth-order valence-electron chi connectivity index (χ4n) is 14.2. The van der Waals surface area contributed by atoms with E-state index in [9.17, 15) is 0 Å². The Bertz CT molecular complexity index is 3390. The average molecular weight is 903 g/mol. The van der Waals surface area contributed by atoms with E-state index in [1.807, 2.05) is 0 Å². The maximum absolute atomic E-state index is 2.62. The predicted molar refractivity (Wildman–Crippen MR) is 294 cm³/mol. The van der Waals surface area contributed by atoms with Gasteiger partial charge in [-0.1, -0.05) is 240 Å². The van der Waals surface area contributed by atoms with E-state index in [0.29, 0.717) is 17.8 Å². The van der Waals surface area contributed by atoms with Gasteiger partial charge in [0.25, 0.3) is 0 Å². The van der Waals surface area contributed by atoms with Gasteiger partial charge in [0.05, 0.1) is 5.41 Å². The van der Waals surface area contributed by atoms with E-state index in [4.69, 9.17) is 0 Å². The zero-order chi connectivity index (χ0) is 47.2. The molecule has 0 nitrogen and oxygen atoms in total. The highest BCUT2D eigenvalue weighted by Gasteiger charge is 2.47. The molecule has 0 amide bonds. The van der Waals surface area contributed by atoms with Crippen LogP contribution in [0.5, 0.6) is 0 Å². The fourth-order valence-corrected chi connectivity index (χ4v) is 14.2.